The van der Waals surface area contributed by atoms with Crippen LogP contribution >= 0.6 is 0 Å². The summed E-state index contributed by atoms with van der Waals surface area (Å²) in [5.41, 5.74) is 4.09. The van der Waals surface area contributed by atoms with Crippen molar-refractivity contribution in [2.24, 2.45) is 11.8 Å². The van der Waals surface area contributed by atoms with Gasteiger partial charge in [0.05, 0.1) is 12.5 Å². The molecule has 2 rings (SSSR count). The highest BCUT2D eigenvalue weighted by Gasteiger charge is 2.31. The van der Waals surface area contributed by atoms with Gasteiger partial charge in [0.1, 0.15) is 18.3 Å². The van der Waals surface area contributed by atoms with E-state index in [1.807, 2.05) is 45.9 Å². The molecule has 0 aromatic rings. The lowest BCUT2D eigenvalue weighted by atomic mass is 9.95. The standard InChI is InChI=1S/C36H53NO7/c1-23(2)14-17-32-28(7)35(40)36(41)37-29-12-10-9-11-13-30(42-8)21-27(6)26(5)16-15-24(3)18-31(43-34(39)22-29)19-25(4)20-33(38)44-32/h14-17,19,22-23,28,30-32,35,40H,6,9-13,18,20-21H2,1-5,7-8H3,(H,37,41)/b17-14-,24-15-,25-19-,26-16-,29-22?. The third-order valence-electron chi connectivity index (χ3n) is 7.95. The number of methoxy groups -OCH3 is 1. The van der Waals surface area contributed by atoms with Crippen LogP contribution in [-0.4, -0.2) is 54.5 Å². The number of allylic oxidation sites excluding steroid dienone is 5. The van der Waals surface area contributed by atoms with Crippen molar-refractivity contribution in [3.63, 3.8) is 0 Å². The fraction of sp³-hybridized carbons (Fsp3) is 0.583. The third-order valence-corrected chi connectivity index (χ3v) is 7.95. The Morgan fingerprint density at radius 2 is 1.77 bits per heavy atom. The normalized spacial score (nSPS) is 31.6. The van der Waals surface area contributed by atoms with E-state index in [2.05, 4.69) is 11.9 Å². The maximum absolute atomic E-state index is 13.2. The van der Waals surface area contributed by atoms with E-state index in [9.17, 15) is 19.5 Å². The number of hydrogen-bond donors (Lipinski definition) is 2. The molecule has 8 heteroatoms. The highest BCUT2D eigenvalue weighted by Crippen LogP contribution is 2.23. The van der Waals surface area contributed by atoms with Crippen molar-refractivity contribution in [1.82, 2.24) is 5.32 Å². The minimum Gasteiger partial charge on any atom is -0.457 e. The van der Waals surface area contributed by atoms with Gasteiger partial charge in [-0.05, 0) is 75.7 Å². The Morgan fingerprint density at radius 1 is 1.05 bits per heavy atom. The summed E-state index contributed by atoms with van der Waals surface area (Å²) < 4.78 is 17.4. The van der Waals surface area contributed by atoms with Gasteiger partial charge in [0.25, 0.3) is 5.91 Å². The van der Waals surface area contributed by atoms with E-state index in [-0.39, 0.29) is 18.4 Å². The molecule has 244 valence electrons. The van der Waals surface area contributed by atoms with Gasteiger partial charge in [-0.2, -0.15) is 0 Å². The van der Waals surface area contributed by atoms with Crippen LogP contribution in [0.3, 0.4) is 0 Å². The van der Waals surface area contributed by atoms with Crippen LogP contribution in [0.15, 0.2) is 71.0 Å². The van der Waals surface area contributed by atoms with Crippen molar-refractivity contribution in [3.05, 3.63) is 71.0 Å². The Balaban J connectivity index is 2.55. The largest absolute Gasteiger partial charge is 0.457 e. The maximum Gasteiger partial charge on any atom is 0.333 e. The average Bonchev–Trinajstić information content (AvgIpc) is 2.94. The number of esters is 2. The molecule has 2 heterocycles. The smallest absolute Gasteiger partial charge is 0.333 e. The summed E-state index contributed by atoms with van der Waals surface area (Å²) in [4.78, 5) is 39.4. The molecule has 0 fully saturated rings. The molecule has 2 N–H and O–H groups in total. The number of aliphatic hydroxyl groups is 1. The zero-order chi connectivity index (χ0) is 32.8. The van der Waals surface area contributed by atoms with Gasteiger partial charge >= 0.3 is 11.9 Å². The van der Waals surface area contributed by atoms with Crippen molar-refractivity contribution in [2.75, 3.05) is 7.11 Å². The lowest BCUT2D eigenvalue weighted by Crippen LogP contribution is -2.43. The van der Waals surface area contributed by atoms with Gasteiger partial charge in [-0.1, -0.05) is 69.6 Å². The van der Waals surface area contributed by atoms with E-state index in [0.717, 1.165) is 42.4 Å². The Bertz CT molecular complexity index is 1170. The maximum atomic E-state index is 13.2. The van der Waals surface area contributed by atoms with E-state index in [1.165, 1.54) is 6.08 Å². The Labute approximate surface area is 264 Å². The Hall–Kier alpha value is -3.23. The number of cyclic esters (lactones) is 1. The number of nitrogens with one attached hydrogen (secondary N) is 1. The molecule has 2 aliphatic heterocycles. The minimum absolute atomic E-state index is 0.0293. The molecule has 0 aromatic heterocycles. The van der Waals surface area contributed by atoms with E-state index < -0.39 is 42.1 Å². The van der Waals surface area contributed by atoms with Gasteiger partial charge < -0.3 is 24.6 Å². The number of aliphatic hydroxyl groups excluding tert-OH is 1. The highest BCUT2D eigenvalue weighted by atomic mass is 16.5. The molecule has 5 atom stereocenters. The monoisotopic (exact) mass is 611 g/mol. The summed E-state index contributed by atoms with van der Waals surface area (Å²) in [6, 6.07) is 0. The molecular weight excluding hydrogens is 558 g/mol. The van der Waals surface area contributed by atoms with E-state index in [4.69, 9.17) is 14.2 Å². The topological polar surface area (TPSA) is 111 Å². The Kier molecular flexibility index (Phi) is 15.6. The highest BCUT2D eigenvalue weighted by molar-refractivity contribution is 5.87. The van der Waals surface area contributed by atoms with Gasteiger partial charge in [0.15, 0.2) is 0 Å². The quantitative estimate of drug-likeness (QED) is 0.274. The fourth-order valence-corrected chi connectivity index (χ4v) is 5.11. The van der Waals surface area contributed by atoms with Crippen LogP contribution in [0, 0.1) is 11.8 Å². The second-order valence-corrected chi connectivity index (χ2v) is 12.5. The lowest BCUT2D eigenvalue weighted by Gasteiger charge is -2.26. The molecule has 0 saturated carbocycles. The van der Waals surface area contributed by atoms with Crippen molar-refractivity contribution in [2.45, 2.75) is 117 Å². The summed E-state index contributed by atoms with van der Waals surface area (Å²) >= 11 is 0. The number of carbonyl (C=O) groups excluding carboxylic acids is 3. The molecule has 0 aromatic carbocycles. The van der Waals surface area contributed by atoms with E-state index in [1.54, 1.807) is 33.1 Å². The molecule has 1 amide bonds. The first-order valence-corrected chi connectivity index (χ1v) is 15.8. The van der Waals surface area contributed by atoms with Crippen LogP contribution < -0.4 is 5.32 Å². The van der Waals surface area contributed by atoms with E-state index in [0.29, 0.717) is 30.5 Å². The lowest BCUT2D eigenvalue weighted by molar-refractivity contribution is -0.152. The third kappa shape index (κ3) is 13.2. The number of ether oxygens (including phenoxy) is 3. The molecule has 0 radical (unpaired) electrons. The van der Waals surface area contributed by atoms with E-state index >= 15 is 0 Å². The molecule has 2 bridgehead atoms. The number of fused-ring (bicyclic) bond motifs is 3. The molecule has 0 aliphatic carbocycles. The first-order chi connectivity index (χ1) is 20.8. The molecule has 2 aliphatic rings. The van der Waals surface area contributed by atoms with Crippen LogP contribution in [-0.2, 0) is 28.6 Å². The van der Waals surface area contributed by atoms with Gasteiger partial charge in [0, 0.05) is 31.2 Å². The zero-order valence-corrected chi connectivity index (χ0v) is 27.7. The van der Waals surface area contributed by atoms with Crippen LogP contribution in [0.1, 0.15) is 92.9 Å². The number of carbonyl (C=O) groups is 3. The molecule has 8 nitrogen and oxygen atoms in total. The first kappa shape index (κ1) is 37.0. The Morgan fingerprint density at radius 3 is 2.45 bits per heavy atom. The molecular formula is C36H53NO7. The molecule has 5 unspecified atom stereocenters. The molecule has 44 heavy (non-hydrogen) atoms. The second-order valence-electron chi connectivity index (χ2n) is 12.5. The SMILES string of the molecule is C=C1CC(OC)CCCCCC2=CC(=O)OC(/C=C(/C)CC(=O)OC(/C=C\C(C)C)C(C)C(O)C(=O)N2)C/C(C)=C\C=C/1C. The van der Waals surface area contributed by atoms with Gasteiger partial charge in [0.2, 0.25) is 0 Å². The summed E-state index contributed by atoms with van der Waals surface area (Å²) in [6.45, 7) is 15.7. The first-order valence-electron chi connectivity index (χ1n) is 15.8. The van der Waals surface area contributed by atoms with Crippen LogP contribution in [0.5, 0.6) is 0 Å². The summed E-state index contributed by atoms with van der Waals surface area (Å²) in [5, 5.41) is 13.8. The van der Waals surface area contributed by atoms with Gasteiger partial charge in [-0.15, -0.1) is 0 Å². The van der Waals surface area contributed by atoms with Crippen LogP contribution in [0.2, 0.25) is 0 Å². The minimum atomic E-state index is -1.48. The predicted molar refractivity (Wildman–Crippen MR) is 173 cm³/mol. The van der Waals surface area contributed by atoms with Crippen LogP contribution in [0.25, 0.3) is 0 Å². The predicted octanol–water partition coefficient (Wildman–Crippen LogP) is 6.58. The van der Waals surface area contributed by atoms with Crippen LogP contribution in [0.4, 0.5) is 0 Å². The van der Waals surface area contributed by atoms with Crippen molar-refractivity contribution < 1.29 is 33.7 Å². The second kappa shape index (κ2) is 18.5. The van der Waals surface area contributed by atoms with Crippen molar-refractivity contribution in [1.29, 1.82) is 0 Å². The van der Waals surface area contributed by atoms with Crippen molar-refractivity contribution >= 4 is 17.8 Å². The molecule has 0 spiro atoms. The van der Waals surface area contributed by atoms with Crippen molar-refractivity contribution in [3.8, 4) is 0 Å². The summed E-state index contributed by atoms with van der Waals surface area (Å²) in [7, 11) is 1.72. The summed E-state index contributed by atoms with van der Waals surface area (Å²) in [6.07, 6.45) is 12.6. The fourth-order valence-electron chi connectivity index (χ4n) is 5.11. The number of hydrogen-bond acceptors (Lipinski definition) is 7. The molecule has 0 saturated heterocycles. The van der Waals surface area contributed by atoms with Gasteiger partial charge in [-0.3, -0.25) is 9.59 Å². The number of rotatable bonds is 3. The van der Waals surface area contributed by atoms with Gasteiger partial charge in [-0.25, -0.2) is 4.79 Å². The zero-order valence-electron chi connectivity index (χ0n) is 27.7. The number of amides is 1. The summed E-state index contributed by atoms with van der Waals surface area (Å²) in [5.74, 6) is -2.33. The average molecular weight is 612 g/mol.